The van der Waals surface area contributed by atoms with Crippen LogP contribution in [0.5, 0.6) is 0 Å². The van der Waals surface area contributed by atoms with Gasteiger partial charge in [-0.05, 0) is 42.7 Å². The SMILES string of the molecule is CCCCOP(=O)(Cc1ccc(C(=O)Nc2cc(-c3ccccc3)nn2-c2ccccc2)cc1)OCCCC. The van der Waals surface area contributed by atoms with E-state index in [4.69, 9.17) is 14.1 Å². The van der Waals surface area contributed by atoms with Crippen LogP contribution >= 0.6 is 7.60 Å². The molecule has 0 saturated heterocycles. The number of aromatic nitrogens is 2. The van der Waals surface area contributed by atoms with Crippen LogP contribution in [0.25, 0.3) is 16.9 Å². The number of anilines is 1. The van der Waals surface area contributed by atoms with Crippen LogP contribution in [0.2, 0.25) is 0 Å². The molecule has 0 spiro atoms. The maximum absolute atomic E-state index is 13.4. The standard InChI is InChI=1S/C31H36N3O4P/c1-3-5-21-37-39(36,38-22-6-4-2)24-25-17-19-27(20-18-25)31(35)32-30-23-29(26-13-9-7-10-14-26)33-34(30)28-15-11-8-12-16-28/h7-20,23H,3-6,21-22,24H2,1-2H3,(H,32,35). The molecule has 1 N–H and O–H groups in total. The maximum Gasteiger partial charge on any atom is 0.335 e. The second kappa shape index (κ2) is 14.0. The molecule has 0 atom stereocenters. The van der Waals surface area contributed by atoms with Crippen molar-refractivity contribution < 1.29 is 18.4 Å². The highest BCUT2D eigenvalue weighted by atomic mass is 31.2. The summed E-state index contributed by atoms with van der Waals surface area (Å²) in [7, 11) is -3.27. The minimum atomic E-state index is -3.27. The van der Waals surface area contributed by atoms with Crippen LogP contribution in [-0.2, 0) is 19.8 Å². The number of carbonyl (C=O) groups excluding carboxylic acids is 1. The number of rotatable bonds is 14. The zero-order valence-corrected chi connectivity index (χ0v) is 23.5. The van der Waals surface area contributed by atoms with E-state index >= 15 is 0 Å². The van der Waals surface area contributed by atoms with Gasteiger partial charge in [-0.3, -0.25) is 9.36 Å². The highest BCUT2D eigenvalue weighted by Crippen LogP contribution is 2.51. The summed E-state index contributed by atoms with van der Waals surface area (Å²) in [5, 5.41) is 7.77. The van der Waals surface area contributed by atoms with Crippen LogP contribution in [0.3, 0.4) is 0 Å². The van der Waals surface area contributed by atoms with Gasteiger partial charge in [0.15, 0.2) is 0 Å². The molecule has 39 heavy (non-hydrogen) atoms. The predicted octanol–water partition coefficient (Wildman–Crippen LogP) is 8.12. The Morgan fingerprint density at radius 2 is 1.44 bits per heavy atom. The molecule has 0 fully saturated rings. The van der Waals surface area contributed by atoms with Gasteiger partial charge >= 0.3 is 7.60 Å². The normalized spacial score (nSPS) is 11.4. The largest absolute Gasteiger partial charge is 0.335 e. The van der Waals surface area contributed by atoms with Gasteiger partial charge in [-0.1, -0.05) is 87.4 Å². The number of para-hydroxylation sites is 1. The summed E-state index contributed by atoms with van der Waals surface area (Å²) >= 11 is 0. The van der Waals surface area contributed by atoms with Crippen LogP contribution < -0.4 is 5.32 Å². The fourth-order valence-electron chi connectivity index (χ4n) is 3.98. The van der Waals surface area contributed by atoms with Gasteiger partial charge in [0.25, 0.3) is 5.91 Å². The van der Waals surface area contributed by atoms with Crippen molar-refractivity contribution in [2.75, 3.05) is 18.5 Å². The Kier molecular flexibility index (Phi) is 10.3. The molecule has 8 heteroatoms. The van der Waals surface area contributed by atoms with E-state index in [2.05, 4.69) is 19.2 Å². The molecule has 0 aliphatic carbocycles. The lowest BCUT2D eigenvalue weighted by Gasteiger charge is -2.19. The van der Waals surface area contributed by atoms with E-state index in [-0.39, 0.29) is 12.1 Å². The molecule has 0 bridgehead atoms. The van der Waals surface area contributed by atoms with E-state index in [9.17, 15) is 9.36 Å². The quantitative estimate of drug-likeness (QED) is 0.128. The Bertz CT molecular complexity index is 1360. The van der Waals surface area contributed by atoms with E-state index < -0.39 is 7.60 Å². The Morgan fingerprint density at radius 1 is 0.846 bits per heavy atom. The Labute approximate surface area is 230 Å². The molecular weight excluding hydrogens is 509 g/mol. The minimum Gasteiger partial charge on any atom is -0.308 e. The summed E-state index contributed by atoms with van der Waals surface area (Å²) in [5.41, 5.74) is 3.83. The number of unbranched alkanes of at least 4 members (excludes halogenated alkanes) is 2. The Balaban J connectivity index is 1.51. The number of hydrogen-bond acceptors (Lipinski definition) is 5. The number of nitrogens with one attached hydrogen (secondary N) is 1. The van der Waals surface area contributed by atoms with Gasteiger partial charge < -0.3 is 14.4 Å². The summed E-state index contributed by atoms with van der Waals surface area (Å²) in [5.74, 6) is 0.298. The van der Waals surface area contributed by atoms with Gasteiger partial charge in [0.05, 0.1) is 30.8 Å². The molecule has 1 amide bonds. The minimum absolute atomic E-state index is 0.170. The van der Waals surface area contributed by atoms with Crippen molar-refractivity contribution in [3.05, 3.63) is 102 Å². The third-order valence-electron chi connectivity index (χ3n) is 6.19. The van der Waals surface area contributed by atoms with Crippen LogP contribution in [0.4, 0.5) is 5.82 Å². The highest BCUT2D eigenvalue weighted by molar-refractivity contribution is 7.53. The second-order valence-corrected chi connectivity index (χ2v) is 11.4. The van der Waals surface area contributed by atoms with Crippen molar-refractivity contribution in [2.24, 2.45) is 0 Å². The van der Waals surface area contributed by atoms with Gasteiger partial charge in [0.2, 0.25) is 0 Å². The van der Waals surface area contributed by atoms with Gasteiger partial charge in [-0.15, -0.1) is 0 Å². The average Bonchev–Trinajstić information content (AvgIpc) is 3.38. The molecule has 4 aromatic rings. The number of nitrogens with zero attached hydrogens (tertiary/aromatic N) is 2. The van der Waals surface area contributed by atoms with Gasteiger partial charge in [0.1, 0.15) is 5.82 Å². The van der Waals surface area contributed by atoms with Crippen LogP contribution in [-0.4, -0.2) is 28.9 Å². The first-order valence-corrected chi connectivity index (χ1v) is 15.2. The lowest BCUT2D eigenvalue weighted by atomic mass is 10.1. The number of hydrogen-bond donors (Lipinski definition) is 1. The first kappa shape index (κ1) is 28.5. The topological polar surface area (TPSA) is 82.5 Å². The highest BCUT2D eigenvalue weighted by Gasteiger charge is 2.25. The van der Waals surface area contributed by atoms with Crippen LogP contribution in [0, 0.1) is 0 Å². The number of carbonyl (C=O) groups is 1. The molecule has 204 valence electrons. The summed E-state index contributed by atoms with van der Waals surface area (Å²) < 4.78 is 26.5. The van der Waals surface area contributed by atoms with Gasteiger partial charge in [0, 0.05) is 17.2 Å². The zero-order chi connectivity index (χ0) is 27.5. The lowest BCUT2D eigenvalue weighted by Crippen LogP contribution is -2.15. The first-order chi connectivity index (χ1) is 19.0. The van der Waals surface area contributed by atoms with Crippen molar-refractivity contribution >= 4 is 19.3 Å². The summed E-state index contributed by atoms with van der Waals surface area (Å²) in [6.45, 7) is 4.93. The fraction of sp³-hybridized carbons (Fsp3) is 0.290. The molecular formula is C31H36N3O4P. The van der Waals surface area contributed by atoms with Crippen molar-refractivity contribution in [1.29, 1.82) is 0 Å². The molecule has 0 saturated carbocycles. The van der Waals surface area contributed by atoms with E-state index in [1.165, 1.54) is 0 Å². The molecule has 0 aliphatic heterocycles. The van der Waals surface area contributed by atoms with Gasteiger partial charge in [-0.2, -0.15) is 5.10 Å². The van der Waals surface area contributed by atoms with Crippen LogP contribution in [0.1, 0.15) is 55.5 Å². The third-order valence-corrected chi connectivity index (χ3v) is 8.09. The smallest absolute Gasteiger partial charge is 0.308 e. The molecule has 0 radical (unpaired) electrons. The molecule has 0 unspecified atom stereocenters. The monoisotopic (exact) mass is 545 g/mol. The van der Waals surface area contributed by atoms with E-state index in [0.717, 1.165) is 48.2 Å². The molecule has 3 aromatic carbocycles. The molecule has 4 rings (SSSR count). The summed E-state index contributed by atoms with van der Waals surface area (Å²) in [4.78, 5) is 13.2. The zero-order valence-electron chi connectivity index (χ0n) is 22.6. The number of benzene rings is 3. The Morgan fingerprint density at radius 3 is 2.03 bits per heavy atom. The van der Waals surface area contributed by atoms with E-state index in [1.54, 1.807) is 28.9 Å². The van der Waals surface area contributed by atoms with Crippen molar-refractivity contribution in [2.45, 2.75) is 45.7 Å². The van der Waals surface area contributed by atoms with Gasteiger partial charge in [-0.25, -0.2) is 4.68 Å². The fourth-order valence-corrected chi connectivity index (χ4v) is 5.71. The second-order valence-electron chi connectivity index (χ2n) is 9.32. The maximum atomic E-state index is 13.4. The third kappa shape index (κ3) is 7.99. The average molecular weight is 546 g/mol. The number of amides is 1. The van der Waals surface area contributed by atoms with Crippen molar-refractivity contribution in [3.63, 3.8) is 0 Å². The molecule has 1 aromatic heterocycles. The first-order valence-electron chi connectivity index (χ1n) is 13.5. The summed E-state index contributed by atoms with van der Waals surface area (Å²) in [6.07, 6.45) is 3.73. The summed E-state index contributed by atoms with van der Waals surface area (Å²) in [6, 6.07) is 28.5. The van der Waals surface area contributed by atoms with E-state index in [0.29, 0.717) is 24.6 Å². The molecule has 0 aliphatic rings. The van der Waals surface area contributed by atoms with Crippen molar-refractivity contribution in [1.82, 2.24) is 9.78 Å². The van der Waals surface area contributed by atoms with E-state index in [1.807, 2.05) is 66.7 Å². The van der Waals surface area contributed by atoms with Crippen molar-refractivity contribution in [3.8, 4) is 16.9 Å². The van der Waals surface area contributed by atoms with Crippen LogP contribution in [0.15, 0.2) is 91.0 Å². The molecule has 1 heterocycles. The lowest BCUT2D eigenvalue weighted by molar-refractivity contribution is 0.102. The predicted molar refractivity (Wildman–Crippen MR) is 156 cm³/mol. The Hall–Kier alpha value is -3.51. The molecule has 7 nitrogen and oxygen atoms in total.